The maximum atomic E-state index is 11.6. The van der Waals surface area contributed by atoms with Crippen molar-refractivity contribution in [2.45, 2.75) is 10.1 Å². The van der Waals surface area contributed by atoms with Crippen molar-refractivity contribution >= 4 is 68.5 Å². The number of nitrogens with one attached hydrogen (secondary N) is 1. The van der Waals surface area contributed by atoms with E-state index in [1.165, 1.54) is 6.07 Å². The number of aliphatic imine (C=N–C) groups is 1. The molecule has 0 atom stereocenters. The van der Waals surface area contributed by atoms with Crippen molar-refractivity contribution in [2.75, 3.05) is 0 Å². The summed E-state index contributed by atoms with van der Waals surface area (Å²) in [6.07, 6.45) is 1.58. The Morgan fingerprint density at radius 1 is 1.12 bits per heavy atom. The Balaban J connectivity index is 1.58. The van der Waals surface area contributed by atoms with Gasteiger partial charge in [-0.25, -0.2) is 4.98 Å². The topological polar surface area (TPSA) is 97.1 Å². The lowest BCUT2D eigenvalue weighted by Gasteiger charge is -2.02. The number of nitrogens with zero attached hydrogens (tertiary/aromatic N) is 4. The van der Waals surface area contributed by atoms with Crippen LogP contribution >= 0.6 is 50.9 Å². The number of rotatable bonds is 6. The molecule has 0 fully saturated rings. The van der Waals surface area contributed by atoms with Gasteiger partial charge in [0.25, 0.3) is 5.69 Å². The fourth-order valence-electron chi connectivity index (χ4n) is 2.74. The van der Waals surface area contributed by atoms with Crippen molar-refractivity contribution < 1.29 is 4.92 Å². The minimum atomic E-state index is -0.442. The number of aromatic nitrogens is 3. The average Bonchev–Trinajstić information content (AvgIpc) is 3.21. The Labute approximate surface area is 205 Å². The molecular formula is C21H12BrCl2N5O2S. The highest BCUT2D eigenvalue weighted by Crippen LogP contribution is 2.35. The first-order valence-electron chi connectivity index (χ1n) is 9.03. The molecule has 0 saturated heterocycles. The van der Waals surface area contributed by atoms with E-state index in [4.69, 9.17) is 23.2 Å². The molecule has 0 bridgehead atoms. The van der Waals surface area contributed by atoms with Crippen LogP contribution < -0.4 is 0 Å². The summed E-state index contributed by atoms with van der Waals surface area (Å²) < 4.78 is 0.899. The van der Waals surface area contributed by atoms with Gasteiger partial charge in [0.2, 0.25) is 5.16 Å². The second-order valence-electron chi connectivity index (χ2n) is 6.42. The van der Waals surface area contributed by atoms with Crippen molar-refractivity contribution in [2.24, 2.45) is 4.99 Å². The summed E-state index contributed by atoms with van der Waals surface area (Å²) in [7, 11) is 0. The number of nitro groups is 1. The molecular weight excluding hydrogens is 537 g/mol. The summed E-state index contributed by atoms with van der Waals surface area (Å²) in [6, 6.07) is 17.3. The van der Waals surface area contributed by atoms with E-state index in [1.54, 1.807) is 36.5 Å². The number of hydrogen-bond acceptors (Lipinski definition) is 6. The highest BCUT2D eigenvalue weighted by Gasteiger charge is 2.18. The van der Waals surface area contributed by atoms with E-state index in [0.29, 0.717) is 37.0 Å². The van der Waals surface area contributed by atoms with Crippen LogP contribution in [0.5, 0.6) is 0 Å². The van der Waals surface area contributed by atoms with Crippen LogP contribution in [-0.2, 0) is 0 Å². The summed E-state index contributed by atoms with van der Waals surface area (Å²) in [5, 5.41) is 19.8. The number of halogens is 3. The van der Waals surface area contributed by atoms with Crippen LogP contribution in [0.3, 0.4) is 0 Å². The van der Waals surface area contributed by atoms with Gasteiger partial charge in [-0.15, -0.1) is 5.10 Å². The molecule has 0 saturated carbocycles. The molecule has 0 unspecified atom stereocenters. The first-order valence-corrected chi connectivity index (χ1v) is 11.4. The zero-order chi connectivity index (χ0) is 22.7. The maximum absolute atomic E-state index is 11.6. The molecule has 0 radical (unpaired) electrons. The van der Waals surface area contributed by atoms with Gasteiger partial charge >= 0.3 is 0 Å². The molecule has 1 aromatic heterocycles. The molecule has 0 amide bonds. The number of H-pyrrole nitrogens is 1. The Hall–Kier alpha value is -2.72. The van der Waals surface area contributed by atoms with Gasteiger partial charge in [-0.1, -0.05) is 51.3 Å². The Bertz CT molecular complexity index is 1350. The predicted molar refractivity (Wildman–Crippen MR) is 130 cm³/mol. The molecule has 0 aliphatic carbocycles. The van der Waals surface area contributed by atoms with Crippen molar-refractivity contribution in [1.29, 1.82) is 0 Å². The number of nitro benzene ring substituents is 1. The first-order chi connectivity index (χ1) is 15.4. The summed E-state index contributed by atoms with van der Waals surface area (Å²) >= 11 is 16.6. The van der Waals surface area contributed by atoms with Crippen molar-refractivity contribution in [3.05, 3.63) is 90.9 Å². The lowest BCUT2D eigenvalue weighted by Crippen LogP contribution is -1.93. The van der Waals surface area contributed by atoms with E-state index in [2.05, 4.69) is 36.1 Å². The Morgan fingerprint density at radius 3 is 2.72 bits per heavy atom. The van der Waals surface area contributed by atoms with Gasteiger partial charge in [0.15, 0.2) is 5.82 Å². The normalized spacial score (nSPS) is 11.2. The Morgan fingerprint density at radius 2 is 1.97 bits per heavy atom. The van der Waals surface area contributed by atoms with E-state index in [-0.39, 0.29) is 5.69 Å². The molecule has 32 heavy (non-hydrogen) atoms. The van der Waals surface area contributed by atoms with Crippen molar-refractivity contribution in [3.8, 4) is 11.4 Å². The summed E-state index contributed by atoms with van der Waals surface area (Å²) in [5.74, 6) is 0.439. The van der Waals surface area contributed by atoms with Gasteiger partial charge in [-0.05, 0) is 59.8 Å². The summed E-state index contributed by atoms with van der Waals surface area (Å²) in [6.45, 7) is 0. The molecule has 0 spiro atoms. The van der Waals surface area contributed by atoms with Crippen molar-refractivity contribution in [3.63, 3.8) is 0 Å². The van der Waals surface area contributed by atoms with Crippen LogP contribution in [0.15, 0.2) is 80.2 Å². The SMILES string of the molecule is O=[N+]([O-])c1cc(C=Nc2cccc(Br)c2)ccc1Sc1n[nH]c(-c2ccc(Cl)cc2Cl)n1. The fraction of sp³-hybridized carbons (Fsp3) is 0. The molecule has 3 aromatic carbocycles. The highest BCUT2D eigenvalue weighted by atomic mass is 79.9. The molecule has 0 aliphatic heterocycles. The third kappa shape index (κ3) is 5.36. The third-order valence-electron chi connectivity index (χ3n) is 4.20. The van der Waals surface area contributed by atoms with E-state index < -0.39 is 4.92 Å². The fourth-order valence-corrected chi connectivity index (χ4v) is 4.43. The van der Waals surface area contributed by atoms with Crippen LogP contribution in [0.25, 0.3) is 11.4 Å². The molecule has 0 aliphatic rings. The molecule has 7 nitrogen and oxygen atoms in total. The molecule has 1 N–H and O–H groups in total. The number of aromatic amines is 1. The van der Waals surface area contributed by atoms with E-state index in [9.17, 15) is 10.1 Å². The second kappa shape index (κ2) is 9.83. The average molecular weight is 549 g/mol. The van der Waals surface area contributed by atoms with Crippen LogP contribution in [-0.4, -0.2) is 26.3 Å². The van der Waals surface area contributed by atoms with Gasteiger partial charge in [-0.3, -0.25) is 20.2 Å². The van der Waals surface area contributed by atoms with Crippen LogP contribution in [0.4, 0.5) is 11.4 Å². The summed E-state index contributed by atoms with van der Waals surface area (Å²) in [4.78, 5) is 20.4. The minimum Gasteiger partial charge on any atom is -0.258 e. The molecule has 4 rings (SSSR count). The molecule has 4 aromatic rings. The predicted octanol–water partition coefficient (Wildman–Crippen LogP) is 7.35. The highest BCUT2D eigenvalue weighted by molar-refractivity contribution is 9.10. The van der Waals surface area contributed by atoms with Gasteiger partial charge in [0.1, 0.15) is 0 Å². The van der Waals surface area contributed by atoms with E-state index in [0.717, 1.165) is 21.9 Å². The number of benzene rings is 3. The molecule has 160 valence electrons. The minimum absolute atomic E-state index is 0.0657. The van der Waals surface area contributed by atoms with Gasteiger partial charge in [0, 0.05) is 27.3 Å². The zero-order valence-corrected chi connectivity index (χ0v) is 19.9. The molecule has 11 heteroatoms. The lowest BCUT2D eigenvalue weighted by molar-refractivity contribution is -0.387. The number of hydrogen-bond donors (Lipinski definition) is 1. The standard InChI is InChI=1S/C21H12BrCl2N5O2S/c22-13-2-1-3-15(9-13)25-11-12-4-7-19(18(8-12)29(30)31)32-21-26-20(27-28-21)16-6-5-14(23)10-17(16)24/h1-11H,(H,26,27,28). The van der Waals surface area contributed by atoms with Crippen molar-refractivity contribution in [1.82, 2.24) is 15.2 Å². The monoisotopic (exact) mass is 547 g/mol. The van der Waals surface area contributed by atoms with Crippen LogP contribution in [0.2, 0.25) is 10.0 Å². The van der Waals surface area contributed by atoms with Crippen LogP contribution in [0, 0.1) is 10.1 Å². The lowest BCUT2D eigenvalue weighted by atomic mass is 10.2. The molecule has 1 heterocycles. The van der Waals surface area contributed by atoms with Gasteiger partial charge in [0.05, 0.1) is 20.5 Å². The third-order valence-corrected chi connectivity index (χ3v) is 6.17. The smallest absolute Gasteiger partial charge is 0.258 e. The van der Waals surface area contributed by atoms with Crippen LogP contribution in [0.1, 0.15) is 5.56 Å². The summed E-state index contributed by atoms with van der Waals surface area (Å²) in [5.41, 5.74) is 1.90. The zero-order valence-electron chi connectivity index (χ0n) is 16.0. The maximum Gasteiger partial charge on any atom is 0.283 e. The second-order valence-corrected chi connectivity index (χ2v) is 9.18. The largest absolute Gasteiger partial charge is 0.283 e. The van der Waals surface area contributed by atoms with E-state index in [1.807, 2.05) is 24.3 Å². The van der Waals surface area contributed by atoms with Gasteiger partial charge in [-0.2, -0.15) is 0 Å². The quantitative estimate of drug-likeness (QED) is 0.154. The van der Waals surface area contributed by atoms with Gasteiger partial charge < -0.3 is 0 Å². The Kier molecular flexibility index (Phi) is 6.90. The first kappa shape index (κ1) is 22.5. The van der Waals surface area contributed by atoms with E-state index >= 15 is 0 Å².